The number of anilines is 1. The van der Waals surface area contributed by atoms with Crippen LogP contribution in [-0.2, 0) is 9.63 Å². The Morgan fingerprint density at radius 1 is 1.27 bits per heavy atom. The normalized spacial score (nSPS) is 28.4. The van der Waals surface area contributed by atoms with E-state index in [1.807, 2.05) is 6.07 Å². The number of carboxylic acid groups (broad SMARTS) is 1. The van der Waals surface area contributed by atoms with Gasteiger partial charge in [0.1, 0.15) is 0 Å². The second-order valence-electron chi connectivity index (χ2n) is 6.97. The number of carboxylic acids is 1. The first-order valence-corrected chi connectivity index (χ1v) is 8.25. The van der Waals surface area contributed by atoms with E-state index < -0.39 is 12.1 Å². The van der Waals surface area contributed by atoms with E-state index >= 15 is 0 Å². The van der Waals surface area contributed by atoms with E-state index in [0.29, 0.717) is 5.92 Å². The number of piperidine rings is 1. The van der Waals surface area contributed by atoms with E-state index in [0.717, 1.165) is 30.8 Å². The van der Waals surface area contributed by atoms with Crippen molar-refractivity contribution in [2.75, 3.05) is 18.0 Å². The summed E-state index contributed by atoms with van der Waals surface area (Å²) in [7, 11) is 0. The summed E-state index contributed by atoms with van der Waals surface area (Å²) in [5.74, 6) is 0.438. The number of carbonyl (C=O) groups is 1. The number of alkyl halides is 3. The van der Waals surface area contributed by atoms with Gasteiger partial charge in [0, 0.05) is 11.6 Å². The molecule has 26 heavy (non-hydrogen) atoms. The molecule has 0 aromatic heterocycles. The molecule has 1 aromatic rings. The summed E-state index contributed by atoms with van der Waals surface area (Å²) in [6.07, 6.45) is -5.08. The number of benzene rings is 1. The second kappa shape index (κ2) is 6.46. The average Bonchev–Trinajstić information content (AvgIpc) is 2.90. The lowest BCUT2D eigenvalue weighted by Crippen LogP contribution is -2.45. The fraction of sp³-hybridized carbons (Fsp3) is 0.529. The molecule has 1 aromatic carbocycles. The van der Waals surface area contributed by atoms with Crippen molar-refractivity contribution in [3.63, 3.8) is 0 Å². The molecule has 9 heteroatoms. The standard InChI is InChI=1S/C15H19N3O.C2HF3O2/c1-15(2)18(10-6-4-3-5-7-10)14(17-19-15)13-11-8-16-9-12(11)13;3-2(4,5)1(6)7/h3-7,11-13,16H,8-9H2,1-2H3;(H,6,7)/t11-,12+,13?;. The van der Waals surface area contributed by atoms with Crippen molar-refractivity contribution in [2.45, 2.75) is 25.7 Å². The van der Waals surface area contributed by atoms with Gasteiger partial charge in [0.05, 0.1) is 0 Å². The van der Waals surface area contributed by atoms with Crippen LogP contribution in [0, 0.1) is 17.8 Å². The van der Waals surface area contributed by atoms with E-state index in [-0.39, 0.29) is 5.72 Å². The minimum atomic E-state index is -5.08. The molecule has 0 radical (unpaired) electrons. The molecule has 0 bridgehead atoms. The Labute approximate surface area is 148 Å². The molecule has 4 rings (SSSR count). The number of rotatable bonds is 2. The molecule has 142 valence electrons. The smallest absolute Gasteiger partial charge is 0.475 e. The number of halogens is 3. The number of amidine groups is 1. The van der Waals surface area contributed by atoms with Gasteiger partial charge in [0.15, 0.2) is 5.84 Å². The summed E-state index contributed by atoms with van der Waals surface area (Å²) >= 11 is 0. The molecule has 1 unspecified atom stereocenters. The molecule has 3 atom stereocenters. The molecule has 3 aliphatic rings. The molecular formula is C17H20F3N3O3. The number of hydrogen-bond acceptors (Lipinski definition) is 5. The Kier molecular flexibility index (Phi) is 4.60. The van der Waals surface area contributed by atoms with Crippen LogP contribution in [0.5, 0.6) is 0 Å². The third-order valence-electron chi connectivity index (χ3n) is 4.78. The Balaban J connectivity index is 0.000000242. The molecule has 6 nitrogen and oxygen atoms in total. The van der Waals surface area contributed by atoms with Crippen LogP contribution in [0.25, 0.3) is 0 Å². The van der Waals surface area contributed by atoms with E-state index in [1.165, 1.54) is 5.69 Å². The quantitative estimate of drug-likeness (QED) is 0.836. The highest BCUT2D eigenvalue weighted by molar-refractivity contribution is 6.03. The van der Waals surface area contributed by atoms with Gasteiger partial charge < -0.3 is 15.3 Å². The first kappa shape index (κ1) is 18.5. The van der Waals surface area contributed by atoms with Gasteiger partial charge in [-0.2, -0.15) is 13.2 Å². The lowest BCUT2D eigenvalue weighted by Gasteiger charge is -2.31. The zero-order valence-corrected chi connectivity index (χ0v) is 14.3. The summed E-state index contributed by atoms with van der Waals surface area (Å²) in [6, 6.07) is 10.4. The first-order valence-electron chi connectivity index (χ1n) is 8.25. The highest BCUT2D eigenvalue weighted by atomic mass is 19.4. The Morgan fingerprint density at radius 3 is 2.31 bits per heavy atom. The van der Waals surface area contributed by atoms with Crippen LogP contribution in [0.15, 0.2) is 35.5 Å². The van der Waals surface area contributed by atoms with Crippen LogP contribution < -0.4 is 10.2 Å². The molecule has 2 heterocycles. The zero-order valence-electron chi connectivity index (χ0n) is 14.3. The van der Waals surface area contributed by atoms with Crippen LogP contribution in [0.3, 0.4) is 0 Å². The zero-order chi connectivity index (χ0) is 19.1. The van der Waals surface area contributed by atoms with Gasteiger partial charge in [-0.1, -0.05) is 23.4 Å². The lowest BCUT2D eigenvalue weighted by atomic mass is 10.1. The van der Waals surface area contributed by atoms with Gasteiger partial charge in [-0.25, -0.2) is 4.79 Å². The highest BCUT2D eigenvalue weighted by Gasteiger charge is 2.59. The third-order valence-corrected chi connectivity index (χ3v) is 4.78. The van der Waals surface area contributed by atoms with Crippen LogP contribution in [0.4, 0.5) is 18.9 Å². The molecule has 1 aliphatic carbocycles. The van der Waals surface area contributed by atoms with Crippen molar-refractivity contribution in [1.82, 2.24) is 5.32 Å². The maximum Gasteiger partial charge on any atom is 0.490 e. The number of para-hydroxylation sites is 1. The number of oxime groups is 1. The van der Waals surface area contributed by atoms with E-state index in [4.69, 9.17) is 14.7 Å². The van der Waals surface area contributed by atoms with Crippen LogP contribution >= 0.6 is 0 Å². The Hall–Kier alpha value is -2.29. The third kappa shape index (κ3) is 3.48. The number of aliphatic carboxylic acids is 1. The largest absolute Gasteiger partial charge is 0.490 e. The van der Waals surface area contributed by atoms with Gasteiger partial charge in [-0.15, -0.1) is 0 Å². The van der Waals surface area contributed by atoms with Gasteiger partial charge in [0.25, 0.3) is 0 Å². The molecule has 0 spiro atoms. The molecule has 2 fully saturated rings. The van der Waals surface area contributed by atoms with Gasteiger partial charge in [-0.05, 0) is 50.9 Å². The molecule has 0 amide bonds. The predicted molar refractivity (Wildman–Crippen MR) is 88.6 cm³/mol. The fourth-order valence-electron chi connectivity index (χ4n) is 3.55. The van der Waals surface area contributed by atoms with Crippen LogP contribution in [0.2, 0.25) is 0 Å². The minimum absolute atomic E-state index is 0.388. The summed E-state index contributed by atoms with van der Waals surface area (Å²) in [5.41, 5.74) is 0.780. The van der Waals surface area contributed by atoms with E-state index in [9.17, 15) is 13.2 Å². The molecule has 1 saturated heterocycles. The molecule has 2 aliphatic heterocycles. The van der Waals surface area contributed by atoms with Crippen molar-refractivity contribution in [3.8, 4) is 0 Å². The van der Waals surface area contributed by atoms with Gasteiger partial charge in [0.2, 0.25) is 5.72 Å². The number of hydrogen-bond donors (Lipinski definition) is 2. The van der Waals surface area contributed by atoms with E-state index in [1.54, 1.807) is 0 Å². The number of fused-ring (bicyclic) bond motifs is 1. The first-order chi connectivity index (χ1) is 12.1. The predicted octanol–water partition coefficient (Wildman–Crippen LogP) is 2.67. The van der Waals surface area contributed by atoms with E-state index in [2.05, 4.69) is 53.5 Å². The summed E-state index contributed by atoms with van der Waals surface area (Å²) in [6.45, 7) is 6.40. The van der Waals surface area contributed by atoms with Crippen molar-refractivity contribution >= 4 is 17.5 Å². The monoisotopic (exact) mass is 371 g/mol. The fourth-order valence-corrected chi connectivity index (χ4v) is 3.55. The second-order valence-corrected chi connectivity index (χ2v) is 6.97. The van der Waals surface area contributed by atoms with Gasteiger partial charge in [-0.3, -0.25) is 4.90 Å². The number of nitrogens with one attached hydrogen (secondary N) is 1. The molecular weight excluding hydrogens is 351 g/mol. The van der Waals surface area contributed by atoms with Crippen LogP contribution in [0.1, 0.15) is 13.8 Å². The maximum absolute atomic E-state index is 10.6. The minimum Gasteiger partial charge on any atom is -0.475 e. The van der Waals surface area contributed by atoms with Crippen molar-refractivity contribution < 1.29 is 27.9 Å². The highest BCUT2D eigenvalue weighted by Crippen LogP contribution is 2.52. The van der Waals surface area contributed by atoms with Crippen molar-refractivity contribution in [3.05, 3.63) is 30.3 Å². The Bertz CT molecular complexity index is 696. The summed E-state index contributed by atoms with van der Waals surface area (Å²) in [5, 5.41) is 15.0. The Morgan fingerprint density at radius 2 is 1.81 bits per heavy atom. The van der Waals surface area contributed by atoms with Gasteiger partial charge >= 0.3 is 12.1 Å². The summed E-state index contributed by atoms with van der Waals surface area (Å²) in [4.78, 5) is 16.8. The van der Waals surface area contributed by atoms with Crippen LogP contribution in [-0.4, -0.2) is 41.9 Å². The molecule has 2 N–H and O–H groups in total. The SMILES string of the molecule is CC1(C)ON=C(C2[C@H]3CNC[C@@H]23)N1c1ccccc1.O=C(O)C(F)(F)F. The number of nitrogens with zero attached hydrogens (tertiary/aromatic N) is 2. The van der Waals surface area contributed by atoms with Crippen molar-refractivity contribution in [1.29, 1.82) is 0 Å². The summed E-state index contributed by atoms with van der Waals surface area (Å²) < 4.78 is 31.7. The van der Waals surface area contributed by atoms with Crippen molar-refractivity contribution in [2.24, 2.45) is 22.9 Å². The topological polar surface area (TPSA) is 74.2 Å². The lowest BCUT2D eigenvalue weighted by molar-refractivity contribution is -0.192. The maximum atomic E-state index is 10.6. The molecule has 1 saturated carbocycles. The average molecular weight is 371 g/mol.